The minimum Gasteiger partial charge on any atom is -0.395 e. The first-order valence-corrected chi connectivity index (χ1v) is 12.8. The summed E-state index contributed by atoms with van der Waals surface area (Å²) in [5.41, 5.74) is 0.828. The summed E-state index contributed by atoms with van der Waals surface area (Å²) in [6.07, 6.45) is -1.06. The highest BCUT2D eigenvalue weighted by Gasteiger charge is 2.40. The monoisotopic (exact) mass is 542 g/mol. The second-order valence-electron chi connectivity index (χ2n) is 9.65. The number of hydrogen-bond donors (Lipinski definition) is 1. The molecule has 36 heavy (non-hydrogen) atoms. The van der Waals surface area contributed by atoms with Crippen LogP contribution in [0, 0.1) is 11.8 Å². The third kappa shape index (κ3) is 4.88. The molecule has 1 aromatic carbocycles. The van der Waals surface area contributed by atoms with Crippen LogP contribution in [0.25, 0.3) is 5.65 Å². The molecule has 5 rings (SSSR count). The van der Waals surface area contributed by atoms with E-state index in [1.807, 2.05) is 4.90 Å². The zero-order valence-electron chi connectivity index (χ0n) is 19.7. The van der Waals surface area contributed by atoms with Gasteiger partial charge in [0.2, 0.25) is 5.82 Å². The van der Waals surface area contributed by atoms with E-state index >= 15 is 0 Å². The van der Waals surface area contributed by atoms with Crippen LogP contribution in [-0.4, -0.2) is 68.9 Å². The Balaban J connectivity index is 1.42. The number of aromatic nitrogens is 4. The number of halogens is 5. The summed E-state index contributed by atoms with van der Waals surface area (Å²) in [5, 5.41) is 14.1. The Morgan fingerprint density at radius 1 is 1.14 bits per heavy atom. The van der Waals surface area contributed by atoms with Gasteiger partial charge in [0.05, 0.1) is 18.5 Å². The fourth-order valence-corrected chi connectivity index (χ4v) is 5.90. The molecule has 3 aromatic rings. The van der Waals surface area contributed by atoms with Crippen LogP contribution in [0.4, 0.5) is 19.0 Å². The van der Waals surface area contributed by atoms with Gasteiger partial charge in [0.1, 0.15) is 0 Å². The van der Waals surface area contributed by atoms with E-state index in [4.69, 9.17) is 23.2 Å². The molecule has 7 nitrogen and oxygen atoms in total. The number of piperidine rings is 1. The quantitative estimate of drug-likeness (QED) is 0.485. The summed E-state index contributed by atoms with van der Waals surface area (Å²) < 4.78 is 42.1. The molecule has 0 bridgehead atoms. The lowest BCUT2D eigenvalue weighted by molar-refractivity contribution is -0.146. The molecule has 12 heteroatoms. The van der Waals surface area contributed by atoms with E-state index in [1.54, 1.807) is 25.1 Å². The van der Waals surface area contributed by atoms with Crippen molar-refractivity contribution in [2.75, 3.05) is 44.2 Å². The van der Waals surface area contributed by atoms with Gasteiger partial charge in [-0.3, -0.25) is 0 Å². The van der Waals surface area contributed by atoms with Gasteiger partial charge in [0, 0.05) is 42.1 Å². The van der Waals surface area contributed by atoms with Gasteiger partial charge in [-0.05, 0) is 48.9 Å². The second kappa shape index (κ2) is 9.96. The lowest BCUT2D eigenvalue weighted by Gasteiger charge is -2.47. The number of hydrogen-bond acceptors (Lipinski definition) is 6. The highest BCUT2D eigenvalue weighted by Crippen LogP contribution is 2.38. The van der Waals surface area contributed by atoms with Crippen molar-refractivity contribution in [2.45, 2.75) is 31.9 Å². The topological polar surface area (TPSA) is 69.8 Å². The van der Waals surface area contributed by atoms with Crippen LogP contribution < -0.4 is 4.90 Å². The zero-order valence-corrected chi connectivity index (χ0v) is 21.2. The second-order valence-corrected chi connectivity index (χ2v) is 10.5. The van der Waals surface area contributed by atoms with E-state index in [9.17, 15) is 18.3 Å². The predicted octanol–water partition coefficient (Wildman–Crippen LogP) is 4.74. The predicted molar refractivity (Wildman–Crippen MR) is 132 cm³/mol. The zero-order chi connectivity index (χ0) is 25.6. The average molecular weight is 543 g/mol. The first kappa shape index (κ1) is 25.5. The van der Waals surface area contributed by atoms with Crippen LogP contribution >= 0.6 is 23.2 Å². The SMILES string of the molecule is C[C@H](c1ccc(Cl)cc1Cl)c1nc(C(F)(F)F)n2ncc(N3CC([C@H]4CCCN(CCO)C4)C3)nc12. The number of aliphatic hydroxyl groups is 1. The number of imidazole rings is 1. The number of alkyl halides is 3. The molecule has 0 amide bonds. The highest BCUT2D eigenvalue weighted by atomic mass is 35.5. The number of rotatable bonds is 6. The summed E-state index contributed by atoms with van der Waals surface area (Å²) in [6, 6.07) is 4.89. The maximum absolute atomic E-state index is 13.8. The Morgan fingerprint density at radius 2 is 1.92 bits per heavy atom. The van der Waals surface area contributed by atoms with Crippen LogP contribution in [0.2, 0.25) is 10.0 Å². The molecule has 0 spiro atoms. The Bertz CT molecular complexity index is 1240. The van der Waals surface area contributed by atoms with Gasteiger partial charge in [0.15, 0.2) is 11.5 Å². The number of likely N-dealkylation sites (tertiary alicyclic amines) is 1. The van der Waals surface area contributed by atoms with E-state index in [1.165, 1.54) is 6.20 Å². The van der Waals surface area contributed by atoms with Crippen LogP contribution in [0.5, 0.6) is 0 Å². The van der Waals surface area contributed by atoms with Crippen molar-refractivity contribution in [3.05, 3.63) is 51.5 Å². The fourth-order valence-electron chi connectivity index (χ4n) is 5.33. The third-order valence-corrected chi connectivity index (χ3v) is 7.88. The molecular formula is C24H27Cl2F3N6O. The van der Waals surface area contributed by atoms with Crippen molar-refractivity contribution in [3.63, 3.8) is 0 Å². The molecule has 0 unspecified atom stereocenters. The molecule has 4 heterocycles. The lowest BCUT2D eigenvalue weighted by atomic mass is 9.80. The van der Waals surface area contributed by atoms with Gasteiger partial charge >= 0.3 is 6.18 Å². The van der Waals surface area contributed by atoms with Gasteiger partial charge in [0.25, 0.3) is 0 Å². The number of β-amino-alcohol motifs (C(OH)–C–C–N with tert-alkyl or cyclic N) is 1. The van der Waals surface area contributed by atoms with Crippen molar-refractivity contribution >= 4 is 34.7 Å². The van der Waals surface area contributed by atoms with Crippen molar-refractivity contribution in [1.82, 2.24) is 24.5 Å². The van der Waals surface area contributed by atoms with Crippen molar-refractivity contribution in [3.8, 4) is 0 Å². The lowest BCUT2D eigenvalue weighted by Crippen LogP contribution is -2.54. The molecule has 0 aliphatic carbocycles. The summed E-state index contributed by atoms with van der Waals surface area (Å²) in [5.74, 6) is -0.129. The fraction of sp³-hybridized carbons (Fsp3) is 0.542. The standard InChI is InChI=1S/C24H27Cl2F3N6O/c1-14(18-5-4-17(25)9-19(18)26)21-22-31-20(10-30-35(22)23(32-21)24(27,28)29)34-12-16(13-34)15-3-2-6-33(11-15)7-8-36/h4-5,9-10,14-16,36H,2-3,6-8,11-13H2,1H3/t14-,15+/m1/s1. The number of nitrogens with zero attached hydrogens (tertiary/aromatic N) is 6. The van der Waals surface area contributed by atoms with E-state index in [0.29, 0.717) is 39.8 Å². The van der Waals surface area contributed by atoms with E-state index < -0.39 is 17.9 Å². The van der Waals surface area contributed by atoms with Crippen molar-refractivity contribution < 1.29 is 18.3 Å². The van der Waals surface area contributed by atoms with Crippen molar-refractivity contribution in [2.24, 2.45) is 11.8 Å². The van der Waals surface area contributed by atoms with E-state index in [0.717, 1.165) is 43.5 Å². The maximum Gasteiger partial charge on any atom is 0.451 e. The van der Waals surface area contributed by atoms with E-state index in [2.05, 4.69) is 20.0 Å². The summed E-state index contributed by atoms with van der Waals surface area (Å²) >= 11 is 12.4. The molecule has 2 saturated heterocycles. The number of aliphatic hydroxyl groups excluding tert-OH is 1. The summed E-state index contributed by atoms with van der Waals surface area (Å²) in [7, 11) is 0. The Labute approximate surface area is 216 Å². The van der Waals surface area contributed by atoms with Crippen LogP contribution in [-0.2, 0) is 6.18 Å². The first-order chi connectivity index (χ1) is 17.2. The Morgan fingerprint density at radius 3 is 2.61 bits per heavy atom. The molecule has 2 fully saturated rings. The smallest absolute Gasteiger partial charge is 0.395 e. The average Bonchev–Trinajstić information content (AvgIpc) is 3.18. The molecule has 2 atom stereocenters. The van der Waals surface area contributed by atoms with Crippen molar-refractivity contribution in [1.29, 1.82) is 0 Å². The van der Waals surface area contributed by atoms with E-state index in [-0.39, 0.29) is 17.9 Å². The minimum absolute atomic E-state index is 0.0635. The van der Waals surface area contributed by atoms with Crippen LogP contribution in [0.15, 0.2) is 24.4 Å². The summed E-state index contributed by atoms with van der Waals surface area (Å²) in [4.78, 5) is 12.9. The first-order valence-electron chi connectivity index (χ1n) is 12.0. The van der Waals surface area contributed by atoms with Gasteiger partial charge in [-0.2, -0.15) is 22.8 Å². The van der Waals surface area contributed by atoms with Crippen LogP contribution in [0.3, 0.4) is 0 Å². The van der Waals surface area contributed by atoms with Gasteiger partial charge < -0.3 is 14.9 Å². The third-order valence-electron chi connectivity index (χ3n) is 7.32. The molecule has 194 valence electrons. The van der Waals surface area contributed by atoms with Crippen LogP contribution in [0.1, 0.15) is 42.8 Å². The van der Waals surface area contributed by atoms with Gasteiger partial charge in [-0.25, -0.2) is 9.97 Å². The molecule has 2 aromatic heterocycles. The number of benzene rings is 1. The largest absolute Gasteiger partial charge is 0.451 e. The van der Waals surface area contributed by atoms with Gasteiger partial charge in [-0.15, -0.1) is 0 Å². The molecule has 1 N–H and O–H groups in total. The Hall–Kier alpha value is -2.14. The summed E-state index contributed by atoms with van der Waals surface area (Å²) in [6.45, 7) is 6.12. The molecule has 2 aliphatic heterocycles. The molecule has 0 saturated carbocycles. The molecule has 2 aliphatic rings. The molecular weight excluding hydrogens is 516 g/mol. The van der Waals surface area contributed by atoms with Gasteiger partial charge in [-0.1, -0.05) is 36.2 Å². The minimum atomic E-state index is -4.69. The number of anilines is 1. The number of fused-ring (bicyclic) bond motifs is 1. The highest BCUT2D eigenvalue weighted by molar-refractivity contribution is 6.35. The Kier molecular flexibility index (Phi) is 7.06. The maximum atomic E-state index is 13.8. The molecule has 0 radical (unpaired) electrons. The normalized spacial score (nSPS) is 20.6.